The first-order chi connectivity index (χ1) is 14.7. The molecule has 1 aromatic carbocycles. The van der Waals surface area contributed by atoms with E-state index in [0.717, 1.165) is 10.6 Å². The standard InChI is InChI=1S/C20H23N3O7S/c1-30-20(13-23(14-20)31(2,28)29)17(19(26)22-27)21-18(25)16-10-8-15(9-11-16)7-5-3-4-6-12-24/h8-11,17,24,27H,6,12-14H2,1-2H3,(H,21,25)(H,22,26). The molecular formula is C20H23N3O7S. The van der Waals surface area contributed by atoms with Gasteiger partial charge in [-0.05, 0) is 36.1 Å². The first kappa shape index (κ1) is 24.3. The number of nitrogens with zero attached hydrogens (tertiary/aromatic N) is 1. The fourth-order valence-corrected chi connectivity index (χ4v) is 3.81. The summed E-state index contributed by atoms with van der Waals surface area (Å²) < 4.78 is 29.8. The van der Waals surface area contributed by atoms with Gasteiger partial charge >= 0.3 is 0 Å². The van der Waals surface area contributed by atoms with Crippen LogP contribution in [0, 0.1) is 23.7 Å². The number of ether oxygens (including phenoxy) is 1. The van der Waals surface area contributed by atoms with E-state index in [4.69, 9.17) is 15.1 Å². The van der Waals surface area contributed by atoms with Gasteiger partial charge in [0.2, 0.25) is 10.0 Å². The van der Waals surface area contributed by atoms with E-state index in [1.807, 2.05) is 0 Å². The minimum Gasteiger partial charge on any atom is -0.395 e. The Kier molecular flexibility index (Phi) is 8.16. The number of sulfonamides is 1. The van der Waals surface area contributed by atoms with Crippen LogP contribution in [-0.2, 0) is 19.6 Å². The summed E-state index contributed by atoms with van der Waals surface area (Å²) >= 11 is 0. The van der Waals surface area contributed by atoms with E-state index in [1.165, 1.54) is 24.7 Å². The van der Waals surface area contributed by atoms with E-state index in [-0.39, 0.29) is 25.3 Å². The Bertz CT molecular complexity index is 1040. The van der Waals surface area contributed by atoms with Gasteiger partial charge in [-0.25, -0.2) is 13.9 Å². The number of carbonyl (C=O) groups is 2. The Morgan fingerprint density at radius 2 is 1.90 bits per heavy atom. The quantitative estimate of drug-likeness (QED) is 0.230. The summed E-state index contributed by atoms with van der Waals surface area (Å²) in [4.78, 5) is 24.9. The highest BCUT2D eigenvalue weighted by Crippen LogP contribution is 2.30. The lowest BCUT2D eigenvalue weighted by atomic mass is 9.86. The molecule has 1 unspecified atom stereocenters. The second-order valence-electron chi connectivity index (χ2n) is 6.79. The Morgan fingerprint density at radius 1 is 1.26 bits per heavy atom. The van der Waals surface area contributed by atoms with Crippen molar-refractivity contribution in [1.29, 1.82) is 0 Å². The lowest BCUT2D eigenvalue weighted by molar-refractivity contribution is -0.153. The molecule has 0 aliphatic carbocycles. The van der Waals surface area contributed by atoms with Crippen molar-refractivity contribution < 1.29 is 33.1 Å². The maximum Gasteiger partial charge on any atom is 0.269 e. The van der Waals surface area contributed by atoms with Crippen LogP contribution in [0.5, 0.6) is 0 Å². The number of amides is 2. The Hall–Kier alpha value is -2.93. The highest BCUT2D eigenvalue weighted by Gasteiger charge is 2.55. The third-order valence-corrected chi connectivity index (χ3v) is 5.88. The lowest BCUT2D eigenvalue weighted by Crippen LogP contribution is -2.75. The number of nitrogens with one attached hydrogen (secondary N) is 2. The predicted molar refractivity (Wildman–Crippen MR) is 110 cm³/mol. The van der Waals surface area contributed by atoms with E-state index >= 15 is 0 Å². The second kappa shape index (κ2) is 10.4. The molecule has 1 fully saturated rings. The maximum atomic E-state index is 12.7. The molecule has 166 valence electrons. The minimum atomic E-state index is -3.50. The molecule has 1 atom stereocenters. The largest absolute Gasteiger partial charge is 0.395 e. The molecule has 1 aliphatic heterocycles. The van der Waals surface area contributed by atoms with Crippen LogP contribution in [0.4, 0.5) is 0 Å². The number of hydroxylamine groups is 1. The zero-order chi connectivity index (χ0) is 23.1. The number of rotatable bonds is 7. The monoisotopic (exact) mass is 449 g/mol. The highest BCUT2D eigenvalue weighted by molar-refractivity contribution is 7.88. The molecule has 0 saturated carbocycles. The van der Waals surface area contributed by atoms with E-state index in [1.54, 1.807) is 12.1 Å². The Labute approximate surface area is 180 Å². The number of aliphatic hydroxyl groups excluding tert-OH is 1. The molecular weight excluding hydrogens is 426 g/mol. The summed E-state index contributed by atoms with van der Waals surface area (Å²) in [5, 5.41) is 20.2. The average Bonchev–Trinajstić information content (AvgIpc) is 2.71. The van der Waals surface area contributed by atoms with Crippen LogP contribution in [0.1, 0.15) is 22.3 Å². The van der Waals surface area contributed by atoms with Crippen molar-refractivity contribution in [1.82, 2.24) is 15.1 Å². The van der Waals surface area contributed by atoms with Gasteiger partial charge in [-0.1, -0.05) is 11.8 Å². The van der Waals surface area contributed by atoms with Crippen LogP contribution in [-0.4, -0.2) is 79.6 Å². The van der Waals surface area contributed by atoms with Gasteiger partial charge in [0.1, 0.15) is 11.6 Å². The van der Waals surface area contributed by atoms with Crippen LogP contribution >= 0.6 is 0 Å². The number of hydrogen-bond donors (Lipinski definition) is 4. The van der Waals surface area contributed by atoms with Crippen molar-refractivity contribution in [3.8, 4) is 23.7 Å². The molecule has 11 heteroatoms. The Morgan fingerprint density at radius 3 is 2.42 bits per heavy atom. The van der Waals surface area contributed by atoms with E-state index in [9.17, 15) is 18.0 Å². The fourth-order valence-electron chi connectivity index (χ4n) is 2.90. The zero-order valence-corrected chi connectivity index (χ0v) is 17.8. The van der Waals surface area contributed by atoms with Crippen molar-refractivity contribution in [3.05, 3.63) is 35.4 Å². The van der Waals surface area contributed by atoms with Crippen molar-refractivity contribution >= 4 is 21.8 Å². The molecule has 10 nitrogen and oxygen atoms in total. The number of aliphatic hydroxyl groups is 1. The van der Waals surface area contributed by atoms with Gasteiger partial charge in [0.25, 0.3) is 11.8 Å². The minimum absolute atomic E-state index is 0.0373. The summed E-state index contributed by atoms with van der Waals surface area (Å²) in [5.74, 6) is 9.11. The average molecular weight is 449 g/mol. The number of methoxy groups -OCH3 is 1. The molecule has 4 N–H and O–H groups in total. The van der Waals surface area contributed by atoms with E-state index in [2.05, 4.69) is 29.0 Å². The summed E-state index contributed by atoms with van der Waals surface area (Å²) in [6.45, 7) is -0.358. The van der Waals surface area contributed by atoms with Crippen molar-refractivity contribution in [3.63, 3.8) is 0 Å². The van der Waals surface area contributed by atoms with E-state index < -0.39 is 33.5 Å². The van der Waals surface area contributed by atoms with Crippen LogP contribution in [0.3, 0.4) is 0 Å². The van der Waals surface area contributed by atoms with E-state index in [0.29, 0.717) is 12.0 Å². The van der Waals surface area contributed by atoms with Crippen molar-refractivity contribution in [2.75, 3.05) is 33.1 Å². The zero-order valence-electron chi connectivity index (χ0n) is 17.0. The first-order valence-electron chi connectivity index (χ1n) is 9.12. The third kappa shape index (κ3) is 6.04. The molecule has 1 saturated heterocycles. The number of carbonyl (C=O) groups excluding carboxylic acids is 2. The SMILES string of the molecule is COC1(C(NC(=O)c2ccc(C#CC#CCCO)cc2)C(=O)NO)CN(S(C)(=O)=O)C1. The third-order valence-electron chi connectivity index (χ3n) is 4.68. The van der Waals surface area contributed by atoms with Gasteiger partial charge in [0.05, 0.1) is 12.9 Å². The first-order valence-corrected chi connectivity index (χ1v) is 11.0. The summed E-state index contributed by atoms with van der Waals surface area (Å²) in [5.41, 5.74) is 0.981. The molecule has 0 aromatic heterocycles. The molecule has 31 heavy (non-hydrogen) atoms. The molecule has 1 heterocycles. The normalized spacial score (nSPS) is 15.9. The number of benzene rings is 1. The molecule has 0 radical (unpaired) electrons. The van der Waals surface area contributed by atoms with Crippen LogP contribution in [0.25, 0.3) is 0 Å². The fraction of sp³-hybridized carbons (Fsp3) is 0.400. The van der Waals surface area contributed by atoms with Gasteiger partial charge in [-0.15, -0.1) is 0 Å². The highest BCUT2D eigenvalue weighted by atomic mass is 32.2. The lowest BCUT2D eigenvalue weighted by Gasteiger charge is -2.50. The summed E-state index contributed by atoms with van der Waals surface area (Å²) in [7, 11) is -2.21. The second-order valence-corrected chi connectivity index (χ2v) is 8.77. The van der Waals surface area contributed by atoms with Gasteiger partial charge in [-0.3, -0.25) is 14.8 Å². The molecule has 1 aliphatic rings. The van der Waals surface area contributed by atoms with Crippen molar-refractivity contribution in [2.45, 2.75) is 18.1 Å². The summed E-state index contributed by atoms with van der Waals surface area (Å²) in [6, 6.07) is 4.85. The van der Waals surface area contributed by atoms with Crippen LogP contribution < -0.4 is 10.8 Å². The van der Waals surface area contributed by atoms with Crippen LogP contribution in [0.2, 0.25) is 0 Å². The van der Waals surface area contributed by atoms with Gasteiger partial charge in [0.15, 0.2) is 0 Å². The maximum absolute atomic E-state index is 12.7. The topological polar surface area (TPSA) is 145 Å². The smallest absolute Gasteiger partial charge is 0.269 e. The molecule has 2 amide bonds. The molecule has 0 spiro atoms. The molecule has 1 aromatic rings. The van der Waals surface area contributed by atoms with Gasteiger partial charge in [0, 0.05) is 37.7 Å². The molecule has 2 rings (SSSR count). The van der Waals surface area contributed by atoms with Gasteiger partial charge < -0.3 is 15.2 Å². The Balaban J connectivity index is 2.15. The van der Waals surface area contributed by atoms with Crippen molar-refractivity contribution in [2.24, 2.45) is 0 Å². The van der Waals surface area contributed by atoms with Gasteiger partial charge in [-0.2, -0.15) is 4.31 Å². The predicted octanol–water partition coefficient (Wildman–Crippen LogP) is -1.31. The summed E-state index contributed by atoms with van der Waals surface area (Å²) in [6.07, 6.45) is 1.36. The molecule has 0 bridgehead atoms. The number of hydrogen-bond acceptors (Lipinski definition) is 7. The van der Waals surface area contributed by atoms with Crippen LogP contribution in [0.15, 0.2) is 24.3 Å².